The molecule has 24 heavy (non-hydrogen) atoms. The zero-order valence-electron chi connectivity index (χ0n) is 19.8. The highest BCUT2D eigenvalue weighted by Gasteiger charge is 2.55. The van der Waals surface area contributed by atoms with Gasteiger partial charge in [0.25, 0.3) is 0 Å². The molecule has 3 atom stereocenters. The number of allylic oxidation sites excluding steroid dienone is 1. The Labute approximate surface area is 153 Å². The maximum atomic E-state index is 13.3. The number of carbonyl (C=O) groups excluding carboxylic acids is 1. The molecule has 5 heteroatoms. The van der Waals surface area contributed by atoms with Crippen LogP contribution >= 0.6 is 0 Å². The van der Waals surface area contributed by atoms with Gasteiger partial charge in [-0.25, -0.2) is 8.42 Å². The summed E-state index contributed by atoms with van der Waals surface area (Å²) in [6, 6.07) is 6.30. The zero-order valence-corrected chi connectivity index (χ0v) is 14.6. The molecule has 2 fully saturated rings. The van der Waals surface area contributed by atoms with E-state index < -0.39 is 52.0 Å². The maximum Gasteiger partial charge on any atom is 0.243 e. The summed E-state index contributed by atoms with van der Waals surface area (Å²) < 4.78 is 75.3. The molecular formula is C19H25NO3S. The second-order valence-electron chi connectivity index (χ2n) is 7.25. The van der Waals surface area contributed by atoms with Gasteiger partial charge in [0, 0.05) is 25.0 Å². The summed E-state index contributed by atoms with van der Waals surface area (Å²) in [5, 5.41) is 0. The first kappa shape index (κ1) is 11.2. The van der Waals surface area contributed by atoms with Gasteiger partial charge in [-0.3, -0.25) is 4.79 Å². The van der Waals surface area contributed by atoms with Crippen LogP contribution in [0.2, 0.25) is 0 Å². The lowest BCUT2D eigenvalue weighted by molar-refractivity contribution is -0.124. The Bertz CT molecular complexity index is 1000. The summed E-state index contributed by atoms with van der Waals surface area (Å²) >= 11 is 0. The number of carbonyl (C=O) groups is 1. The molecular weight excluding hydrogens is 322 g/mol. The monoisotopic (exact) mass is 353 g/mol. The highest BCUT2D eigenvalue weighted by Crippen LogP contribution is 2.54. The average molecular weight is 354 g/mol. The van der Waals surface area contributed by atoms with Crippen LogP contribution in [0.1, 0.15) is 46.8 Å². The standard InChI is InChI=1S/C19H25NO3S/c1-14(2)19-9-10-20(13-18(4,12-19)11-17(19)21)24(22,23)16-7-5-15(3)6-8-16/h5-8H,1,9-13H2,2-4H3/t18-,19-/m1/s1/i1D2,2D3,9D/t9-,18+,19+/m0. The van der Waals surface area contributed by atoms with Crippen molar-refractivity contribution in [1.29, 1.82) is 0 Å². The molecule has 130 valence electrons. The molecule has 0 amide bonds. The fourth-order valence-corrected chi connectivity index (χ4v) is 5.33. The number of hydrogen-bond acceptors (Lipinski definition) is 3. The highest BCUT2D eigenvalue weighted by molar-refractivity contribution is 7.89. The molecule has 0 N–H and O–H groups in total. The Hall–Kier alpha value is -1.46. The number of nitrogens with zero attached hydrogens (tertiary/aromatic N) is 1. The van der Waals surface area contributed by atoms with Crippen LogP contribution in [-0.4, -0.2) is 31.6 Å². The van der Waals surface area contributed by atoms with E-state index in [1.165, 1.54) is 12.1 Å². The van der Waals surface area contributed by atoms with E-state index in [4.69, 9.17) is 8.22 Å². The van der Waals surface area contributed by atoms with E-state index in [0.29, 0.717) is 0 Å². The third kappa shape index (κ3) is 2.64. The Balaban J connectivity index is 2.12. The van der Waals surface area contributed by atoms with Crippen molar-refractivity contribution < 1.29 is 21.4 Å². The Morgan fingerprint density at radius 2 is 2.12 bits per heavy atom. The summed E-state index contributed by atoms with van der Waals surface area (Å²) in [4.78, 5) is 13.1. The van der Waals surface area contributed by atoms with E-state index in [1.807, 2.05) is 6.92 Å². The largest absolute Gasteiger partial charge is 0.299 e. The minimum Gasteiger partial charge on any atom is -0.299 e. The summed E-state index contributed by atoms with van der Waals surface area (Å²) in [7, 11) is -3.97. The van der Waals surface area contributed by atoms with Gasteiger partial charge < -0.3 is 0 Å². The van der Waals surface area contributed by atoms with Crippen molar-refractivity contribution in [3.63, 3.8) is 0 Å². The molecule has 0 aromatic heterocycles. The van der Waals surface area contributed by atoms with Crippen molar-refractivity contribution in [2.45, 2.75) is 44.8 Å². The van der Waals surface area contributed by atoms with Gasteiger partial charge in [0.15, 0.2) is 0 Å². The lowest BCUT2D eigenvalue weighted by atomic mass is 9.74. The number of fused-ring (bicyclic) bond motifs is 2. The molecule has 0 unspecified atom stereocenters. The minimum atomic E-state index is -3.97. The lowest BCUT2D eigenvalue weighted by Crippen LogP contribution is -2.40. The van der Waals surface area contributed by atoms with Gasteiger partial charge in [0.1, 0.15) is 5.78 Å². The van der Waals surface area contributed by atoms with Crippen molar-refractivity contribution >= 4 is 15.8 Å². The van der Waals surface area contributed by atoms with E-state index in [2.05, 4.69) is 0 Å². The zero-order chi connectivity index (χ0) is 22.7. The number of aryl methyl sites for hydroxylation is 1. The fourth-order valence-electron chi connectivity index (χ4n) is 3.80. The Morgan fingerprint density at radius 1 is 1.42 bits per heavy atom. The average Bonchev–Trinajstić information content (AvgIpc) is 2.77. The Morgan fingerprint density at radius 3 is 2.75 bits per heavy atom. The molecule has 4 nitrogen and oxygen atoms in total. The quantitative estimate of drug-likeness (QED) is 0.783. The van der Waals surface area contributed by atoms with Gasteiger partial charge in [-0.1, -0.05) is 36.7 Å². The predicted octanol–water partition coefficient (Wildman–Crippen LogP) is 3.32. The molecule has 0 radical (unpaired) electrons. The molecule has 2 bridgehead atoms. The molecule has 3 rings (SSSR count). The van der Waals surface area contributed by atoms with Crippen LogP contribution in [0.15, 0.2) is 41.3 Å². The van der Waals surface area contributed by atoms with Gasteiger partial charge in [-0.05, 0) is 44.1 Å². The van der Waals surface area contributed by atoms with Crippen LogP contribution < -0.4 is 0 Å². The first-order chi connectivity index (χ1) is 13.6. The second-order valence-corrected chi connectivity index (χ2v) is 9.19. The topological polar surface area (TPSA) is 54.5 Å². The molecule has 1 aliphatic heterocycles. The van der Waals surface area contributed by atoms with Gasteiger partial charge in [-0.15, -0.1) is 0 Å². The second kappa shape index (κ2) is 5.53. The van der Waals surface area contributed by atoms with Gasteiger partial charge >= 0.3 is 0 Å². The molecule has 1 saturated carbocycles. The molecule has 1 saturated heterocycles. The minimum absolute atomic E-state index is 0.0360. The first-order valence-corrected chi connectivity index (χ1v) is 9.28. The molecule has 2 aliphatic rings. The van der Waals surface area contributed by atoms with Crippen molar-refractivity contribution in [3.05, 3.63) is 41.9 Å². The third-order valence-corrected chi connectivity index (χ3v) is 6.92. The van der Waals surface area contributed by atoms with Crippen molar-refractivity contribution in [1.82, 2.24) is 4.31 Å². The maximum absolute atomic E-state index is 13.3. The van der Waals surface area contributed by atoms with E-state index >= 15 is 0 Å². The smallest absolute Gasteiger partial charge is 0.243 e. The Kier molecular flexibility index (Phi) is 2.58. The number of benzene rings is 1. The van der Waals surface area contributed by atoms with Crippen LogP contribution in [0, 0.1) is 17.8 Å². The summed E-state index contributed by atoms with van der Waals surface area (Å²) in [5.41, 5.74) is -2.52. The summed E-state index contributed by atoms with van der Waals surface area (Å²) in [6.45, 7) is -0.785. The van der Waals surface area contributed by atoms with E-state index in [9.17, 15) is 13.2 Å². The van der Waals surface area contributed by atoms with Crippen molar-refractivity contribution in [2.75, 3.05) is 13.1 Å². The van der Waals surface area contributed by atoms with Crippen molar-refractivity contribution in [2.24, 2.45) is 10.8 Å². The number of ketones is 1. The molecule has 1 heterocycles. The van der Waals surface area contributed by atoms with Gasteiger partial charge in [0.05, 0.1) is 13.1 Å². The summed E-state index contributed by atoms with van der Waals surface area (Å²) in [6.07, 6.45) is -1.60. The normalized spacial score (nSPS) is 38.1. The van der Waals surface area contributed by atoms with Gasteiger partial charge in [0.2, 0.25) is 10.0 Å². The molecule has 1 aliphatic carbocycles. The third-order valence-electron chi connectivity index (χ3n) is 5.10. The van der Waals surface area contributed by atoms with E-state index in [0.717, 1.165) is 9.87 Å². The van der Waals surface area contributed by atoms with Crippen LogP contribution in [0.5, 0.6) is 0 Å². The predicted molar refractivity (Wildman–Crippen MR) is 94.1 cm³/mol. The lowest BCUT2D eigenvalue weighted by Gasteiger charge is -2.30. The number of sulfonamides is 1. The van der Waals surface area contributed by atoms with Crippen LogP contribution in [0.25, 0.3) is 0 Å². The van der Waals surface area contributed by atoms with Crippen LogP contribution in [0.3, 0.4) is 0 Å². The van der Waals surface area contributed by atoms with E-state index in [-0.39, 0.29) is 30.8 Å². The number of hydrogen-bond donors (Lipinski definition) is 0. The summed E-state index contributed by atoms with van der Waals surface area (Å²) in [5.74, 6) is -0.500. The number of Topliss-reactive ketones (excluding diaryl/α,β-unsaturated/α-hetero) is 1. The van der Waals surface area contributed by atoms with E-state index in [1.54, 1.807) is 19.1 Å². The van der Waals surface area contributed by atoms with Crippen LogP contribution in [0.4, 0.5) is 0 Å². The SMILES string of the molecule is [2H]C([2H])=C(C([2H])([2H])[2H])[C@@]12C[C@@](C)(CC1=O)CN(S(=O)(=O)c1ccc(C)cc1)C[C@@H]2[2H]. The van der Waals surface area contributed by atoms with Crippen LogP contribution in [-0.2, 0) is 14.8 Å². The van der Waals surface area contributed by atoms with Gasteiger partial charge in [-0.2, -0.15) is 4.31 Å². The number of rotatable bonds is 3. The fraction of sp³-hybridized carbons (Fsp3) is 0.526. The van der Waals surface area contributed by atoms with Crippen molar-refractivity contribution in [3.8, 4) is 0 Å². The molecule has 0 spiro atoms. The highest BCUT2D eigenvalue weighted by atomic mass is 32.2. The first-order valence-electron chi connectivity index (χ1n) is 10.9. The molecule has 1 aromatic rings. The molecule has 1 aromatic carbocycles.